The molecule has 8 nitrogen and oxygen atoms in total. The smallest absolute Gasteiger partial charge is 0.343 e. The molecule has 0 aliphatic heterocycles. The van der Waals surface area contributed by atoms with E-state index >= 15 is 0 Å². The van der Waals surface area contributed by atoms with E-state index in [2.05, 4.69) is 15.7 Å². The molecule has 0 saturated heterocycles. The molecule has 1 heterocycles. The fourth-order valence-corrected chi connectivity index (χ4v) is 3.23. The van der Waals surface area contributed by atoms with Crippen molar-refractivity contribution < 1.29 is 19.1 Å². The third-order valence-electron chi connectivity index (χ3n) is 4.09. The summed E-state index contributed by atoms with van der Waals surface area (Å²) in [5.74, 6) is -1.13. The Morgan fingerprint density at radius 3 is 2.58 bits per heavy atom. The average Bonchev–Trinajstić information content (AvgIpc) is 3.13. The van der Waals surface area contributed by atoms with Gasteiger partial charge in [0.05, 0.1) is 5.69 Å². The molecule has 2 N–H and O–H groups in total. The summed E-state index contributed by atoms with van der Waals surface area (Å²) < 4.78 is 6.51. The van der Waals surface area contributed by atoms with E-state index in [0.29, 0.717) is 18.2 Å². The molecule has 144 valence electrons. The summed E-state index contributed by atoms with van der Waals surface area (Å²) in [4.78, 5) is 35.7. The minimum Gasteiger partial charge on any atom is -0.452 e. The summed E-state index contributed by atoms with van der Waals surface area (Å²) in [6, 6.07) is -0.476. The van der Waals surface area contributed by atoms with Crippen molar-refractivity contribution in [2.45, 2.75) is 59.0 Å². The number of hydrogen-bond acceptors (Lipinski definition) is 5. The lowest BCUT2D eigenvalue weighted by Gasteiger charge is -2.12. The van der Waals surface area contributed by atoms with E-state index in [0.717, 1.165) is 25.7 Å². The molecular formula is C17H25ClN4O4. The number of urea groups is 1. The molecule has 1 aromatic rings. The summed E-state index contributed by atoms with van der Waals surface area (Å²) in [5.41, 5.74) is 0.565. The van der Waals surface area contributed by atoms with Crippen LogP contribution in [0.15, 0.2) is 0 Å². The molecule has 0 radical (unpaired) electrons. The Morgan fingerprint density at radius 2 is 1.96 bits per heavy atom. The topological polar surface area (TPSA) is 102 Å². The molecule has 0 unspecified atom stereocenters. The zero-order valence-electron chi connectivity index (χ0n) is 15.3. The molecule has 1 fully saturated rings. The highest BCUT2D eigenvalue weighted by atomic mass is 35.5. The lowest BCUT2D eigenvalue weighted by Crippen LogP contribution is -2.45. The van der Waals surface area contributed by atoms with Crippen LogP contribution in [0.3, 0.4) is 0 Å². The molecule has 1 saturated carbocycles. The van der Waals surface area contributed by atoms with Crippen molar-refractivity contribution >= 4 is 29.5 Å². The van der Waals surface area contributed by atoms with Gasteiger partial charge in [-0.1, -0.05) is 38.3 Å². The third kappa shape index (κ3) is 5.45. The van der Waals surface area contributed by atoms with Crippen LogP contribution in [0.4, 0.5) is 4.79 Å². The Morgan fingerprint density at radius 1 is 1.31 bits per heavy atom. The number of hydrogen-bond donors (Lipinski definition) is 2. The Balaban J connectivity index is 1.85. The van der Waals surface area contributed by atoms with Gasteiger partial charge in [-0.25, -0.2) is 9.59 Å². The van der Waals surface area contributed by atoms with Gasteiger partial charge >= 0.3 is 12.0 Å². The molecular weight excluding hydrogens is 360 g/mol. The maximum Gasteiger partial charge on any atom is 0.343 e. The summed E-state index contributed by atoms with van der Waals surface area (Å²) in [6.07, 6.45) is 3.96. The second kappa shape index (κ2) is 9.02. The third-order valence-corrected chi connectivity index (χ3v) is 4.47. The van der Waals surface area contributed by atoms with E-state index in [9.17, 15) is 14.4 Å². The molecule has 1 aromatic heterocycles. The van der Waals surface area contributed by atoms with Crippen LogP contribution in [0.1, 0.15) is 55.6 Å². The fourth-order valence-electron chi connectivity index (χ4n) is 2.91. The highest BCUT2D eigenvalue weighted by Crippen LogP contribution is 2.21. The van der Waals surface area contributed by atoms with Gasteiger partial charge in [0.1, 0.15) is 10.7 Å². The number of ether oxygens (including phenoxy) is 1. The van der Waals surface area contributed by atoms with Crippen LogP contribution < -0.4 is 10.6 Å². The first kappa shape index (κ1) is 20.2. The Kier molecular flexibility index (Phi) is 7.02. The van der Waals surface area contributed by atoms with Crippen LogP contribution in [-0.2, 0) is 16.1 Å². The number of carbonyl (C=O) groups excluding carboxylic acids is 3. The van der Waals surface area contributed by atoms with E-state index in [4.69, 9.17) is 16.3 Å². The maximum atomic E-state index is 12.2. The zero-order chi connectivity index (χ0) is 19.3. The number of carbonyl (C=O) groups is 3. The van der Waals surface area contributed by atoms with Crippen molar-refractivity contribution in [3.63, 3.8) is 0 Å². The second-order valence-corrected chi connectivity index (χ2v) is 7.26. The summed E-state index contributed by atoms with van der Waals surface area (Å²) in [5, 5.41) is 9.28. The molecule has 2 rings (SSSR count). The van der Waals surface area contributed by atoms with Crippen LogP contribution in [0.25, 0.3) is 0 Å². The number of imide groups is 1. The first-order valence-electron chi connectivity index (χ1n) is 8.78. The van der Waals surface area contributed by atoms with Crippen molar-refractivity contribution in [3.8, 4) is 0 Å². The standard InChI is InChI=1S/C17H25ClN4O4/c1-10(2)8-22-15(18)14(11(3)21-22)16(24)26-9-13(23)20-17(25)19-12-6-4-5-7-12/h10,12H,4-9H2,1-3H3,(H2,19,20,23,25). The van der Waals surface area contributed by atoms with E-state index in [1.54, 1.807) is 6.92 Å². The van der Waals surface area contributed by atoms with Gasteiger partial charge in [-0.2, -0.15) is 5.10 Å². The number of aromatic nitrogens is 2. The Hall–Kier alpha value is -2.09. The minimum atomic E-state index is -0.742. The van der Waals surface area contributed by atoms with Gasteiger partial charge in [-0.3, -0.25) is 14.8 Å². The number of amides is 3. The number of halogens is 1. The van der Waals surface area contributed by atoms with Crippen molar-refractivity contribution in [1.29, 1.82) is 0 Å². The van der Waals surface area contributed by atoms with Crippen molar-refractivity contribution in [2.24, 2.45) is 5.92 Å². The largest absolute Gasteiger partial charge is 0.452 e. The predicted octanol–water partition coefficient (Wildman–Crippen LogP) is 2.43. The highest BCUT2D eigenvalue weighted by molar-refractivity contribution is 6.32. The number of nitrogens with zero attached hydrogens (tertiary/aromatic N) is 2. The first-order chi connectivity index (χ1) is 12.3. The molecule has 26 heavy (non-hydrogen) atoms. The van der Waals surface area contributed by atoms with E-state index in [-0.39, 0.29) is 16.8 Å². The summed E-state index contributed by atoms with van der Waals surface area (Å²) in [6.45, 7) is 5.66. The van der Waals surface area contributed by atoms with Crippen molar-refractivity contribution in [1.82, 2.24) is 20.4 Å². The van der Waals surface area contributed by atoms with Crippen LogP contribution in [0.5, 0.6) is 0 Å². The maximum absolute atomic E-state index is 12.2. The lowest BCUT2D eigenvalue weighted by atomic mass is 10.2. The highest BCUT2D eigenvalue weighted by Gasteiger charge is 2.23. The van der Waals surface area contributed by atoms with Crippen LogP contribution in [0.2, 0.25) is 5.15 Å². The van der Waals surface area contributed by atoms with Gasteiger partial charge < -0.3 is 10.1 Å². The summed E-state index contributed by atoms with van der Waals surface area (Å²) in [7, 11) is 0. The molecule has 1 aliphatic rings. The first-order valence-corrected chi connectivity index (χ1v) is 9.16. The van der Waals surface area contributed by atoms with Gasteiger partial charge in [0, 0.05) is 12.6 Å². The van der Waals surface area contributed by atoms with Crippen LogP contribution in [-0.4, -0.2) is 40.3 Å². The van der Waals surface area contributed by atoms with Gasteiger partial charge in [0.25, 0.3) is 5.91 Å². The summed E-state index contributed by atoms with van der Waals surface area (Å²) >= 11 is 6.20. The van der Waals surface area contributed by atoms with E-state index in [1.807, 2.05) is 13.8 Å². The number of aryl methyl sites for hydroxylation is 1. The molecule has 0 aromatic carbocycles. The van der Waals surface area contributed by atoms with Gasteiger partial charge in [0.15, 0.2) is 6.61 Å². The van der Waals surface area contributed by atoms with Crippen LogP contribution in [0, 0.1) is 12.8 Å². The Labute approximate surface area is 157 Å². The molecule has 0 bridgehead atoms. The quantitative estimate of drug-likeness (QED) is 0.733. The van der Waals surface area contributed by atoms with Gasteiger partial charge in [-0.05, 0) is 25.7 Å². The number of nitrogens with one attached hydrogen (secondary N) is 2. The van der Waals surface area contributed by atoms with Gasteiger partial charge in [-0.15, -0.1) is 0 Å². The van der Waals surface area contributed by atoms with Crippen LogP contribution >= 0.6 is 11.6 Å². The Bertz CT molecular complexity index is 681. The fraction of sp³-hybridized carbons (Fsp3) is 0.647. The van der Waals surface area contributed by atoms with Gasteiger partial charge in [0.2, 0.25) is 0 Å². The molecule has 0 atom stereocenters. The SMILES string of the molecule is Cc1nn(CC(C)C)c(Cl)c1C(=O)OCC(=O)NC(=O)NC1CCCC1. The zero-order valence-corrected chi connectivity index (χ0v) is 16.1. The minimum absolute atomic E-state index is 0.0959. The molecule has 1 aliphatic carbocycles. The molecule has 9 heteroatoms. The van der Waals surface area contributed by atoms with E-state index < -0.39 is 24.5 Å². The van der Waals surface area contributed by atoms with Crippen molar-refractivity contribution in [3.05, 3.63) is 16.4 Å². The molecule has 0 spiro atoms. The van der Waals surface area contributed by atoms with E-state index in [1.165, 1.54) is 4.68 Å². The molecule has 3 amide bonds. The second-order valence-electron chi connectivity index (χ2n) is 6.91. The normalized spacial score (nSPS) is 14.5. The average molecular weight is 385 g/mol. The lowest BCUT2D eigenvalue weighted by molar-refractivity contribution is -0.123. The monoisotopic (exact) mass is 384 g/mol. The predicted molar refractivity (Wildman–Crippen MR) is 96.0 cm³/mol. The number of esters is 1. The number of rotatable bonds is 6. The van der Waals surface area contributed by atoms with Crippen molar-refractivity contribution in [2.75, 3.05) is 6.61 Å².